The Morgan fingerprint density at radius 3 is 2.24 bits per heavy atom. The molecule has 2 atom stereocenters. The third-order valence-electron chi connectivity index (χ3n) is 6.18. The Hall–Kier alpha value is -4.14. The Balaban J connectivity index is 1.39. The van der Waals surface area contributed by atoms with E-state index in [1.54, 1.807) is 14.0 Å². The minimum Gasteiger partial charge on any atom is -0.481 e. The number of amides is 2. The van der Waals surface area contributed by atoms with Crippen molar-refractivity contribution >= 4 is 23.8 Å². The van der Waals surface area contributed by atoms with Crippen LogP contribution in [0.15, 0.2) is 54.6 Å². The van der Waals surface area contributed by atoms with Crippen molar-refractivity contribution in [1.82, 2.24) is 15.1 Å². The molecule has 34 heavy (non-hydrogen) atoms. The average Bonchev–Trinajstić information content (AvgIpc) is 3.34. The number of nitrogens with one attached hydrogen (secondary N) is 2. The maximum Gasteiger partial charge on any atom is 0.412 e. The van der Waals surface area contributed by atoms with Crippen LogP contribution >= 0.6 is 0 Å². The fourth-order valence-corrected chi connectivity index (χ4v) is 4.05. The molecule has 1 aliphatic carbocycles. The summed E-state index contributed by atoms with van der Waals surface area (Å²) in [6, 6.07) is 17.0. The SMILES string of the molecule is CC(NC(=O)c1cc(NC(=O)OCC2c3ccccc3-c3ccccc32)n(C)n1)C(C)C(=O)O. The van der Waals surface area contributed by atoms with Crippen molar-refractivity contribution in [3.05, 3.63) is 71.4 Å². The van der Waals surface area contributed by atoms with Crippen molar-refractivity contribution in [3.63, 3.8) is 0 Å². The first-order valence-electron chi connectivity index (χ1n) is 11.0. The summed E-state index contributed by atoms with van der Waals surface area (Å²) in [7, 11) is 1.58. The van der Waals surface area contributed by atoms with Gasteiger partial charge in [0.15, 0.2) is 5.69 Å². The number of benzene rings is 2. The minimum atomic E-state index is -1.01. The normalized spacial score (nSPS) is 14.0. The lowest BCUT2D eigenvalue weighted by Crippen LogP contribution is -2.40. The molecule has 9 nitrogen and oxygen atoms in total. The first-order valence-corrected chi connectivity index (χ1v) is 11.0. The summed E-state index contributed by atoms with van der Waals surface area (Å²) >= 11 is 0. The third kappa shape index (κ3) is 4.50. The van der Waals surface area contributed by atoms with Gasteiger partial charge in [0.05, 0.1) is 5.92 Å². The van der Waals surface area contributed by atoms with E-state index in [4.69, 9.17) is 9.84 Å². The summed E-state index contributed by atoms with van der Waals surface area (Å²) in [6.07, 6.45) is -0.662. The Morgan fingerprint density at radius 1 is 1.06 bits per heavy atom. The lowest BCUT2D eigenvalue weighted by atomic mass is 9.98. The molecule has 2 unspecified atom stereocenters. The number of carboxylic acid groups (broad SMARTS) is 1. The second-order valence-electron chi connectivity index (χ2n) is 8.38. The number of carbonyl (C=O) groups is 3. The van der Waals surface area contributed by atoms with Crippen molar-refractivity contribution in [3.8, 4) is 11.1 Å². The molecule has 0 aliphatic heterocycles. The van der Waals surface area contributed by atoms with Gasteiger partial charge < -0.3 is 15.2 Å². The Kier molecular flexibility index (Phi) is 6.36. The molecule has 0 saturated heterocycles. The van der Waals surface area contributed by atoms with E-state index in [2.05, 4.69) is 27.9 Å². The van der Waals surface area contributed by atoms with Crippen molar-refractivity contribution in [2.75, 3.05) is 11.9 Å². The molecule has 0 fully saturated rings. The third-order valence-corrected chi connectivity index (χ3v) is 6.18. The molecule has 2 amide bonds. The van der Waals surface area contributed by atoms with E-state index in [1.165, 1.54) is 17.7 Å². The molecule has 1 aliphatic rings. The van der Waals surface area contributed by atoms with Crippen LogP contribution in [-0.2, 0) is 16.6 Å². The van der Waals surface area contributed by atoms with Crippen molar-refractivity contribution < 1.29 is 24.2 Å². The minimum absolute atomic E-state index is 0.0564. The van der Waals surface area contributed by atoms with Gasteiger partial charge in [0, 0.05) is 25.1 Å². The molecule has 1 aromatic heterocycles. The first kappa shape index (κ1) is 23.0. The monoisotopic (exact) mass is 462 g/mol. The number of aliphatic carboxylic acids is 1. The molecule has 4 rings (SSSR count). The van der Waals surface area contributed by atoms with Crippen LogP contribution in [-0.4, -0.2) is 45.5 Å². The van der Waals surface area contributed by atoms with Crippen LogP contribution in [0.4, 0.5) is 10.6 Å². The van der Waals surface area contributed by atoms with E-state index >= 15 is 0 Å². The maximum atomic E-state index is 12.5. The van der Waals surface area contributed by atoms with Gasteiger partial charge in [0.1, 0.15) is 12.4 Å². The number of aryl methyl sites for hydroxylation is 1. The summed E-state index contributed by atoms with van der Waals surface area (Å²) in [4.78, 5) is 36.1. The van der Waals surface area contributed by atoms with E-state index in [0.29, 0.717) is 0 Å². The van der Waals surface area contributed by atoms with Crippen LogP contribution < -0.4 is 10.6 Å². The van der Waals surface area contributed by atoms with Gasteiger partial charge in [-0.15, -0.1) is 0 Å². The summed E-state index contributed by atoms with van der Waals surface area (Å²) in [5.74, 6) is -2.08. The van der Waals surface area contributed by atoms with Gasteiger partial charge in [-0.2, -0.15) is 5.10 Å². The van der Waals surface area contributed by atoms with E-state index in [-0.39, 0.29) is 24.0 Å². The smallest absolute Gasteiger partial charge is 0.412 e. The number of anilines is 1. The number of fused-ring (bicyclic) bond motifs is 3. The van der Waals surface area contributed by atoms with Gasteiger partial charge in [-0.3, -0.25) is 19.6 Å². The highest BCUT2D eigenvalue weighted by molar-refractivity contribution is 5.94. The number of hydrogen-bond donors (Lipinski definition) is 3. The molecular weight excluding hydrogens is 436 g/mol. The molecule has 176 valence electrons. The second-order valence-corrected chi connectivity index (χ2v) is 8.38. The van der Waals surface area contributed by atoms with Crippen LogP contribution in [0.25, 0.3) is 11.1 Å². The zero-order valence-electron chi connectivity index (χ0n) is 19.1. The largest absolute Gasteiger partial charge is 0.481 e. The highest BCUT2D eigenvalue weighted by Crippen LogP contribution is 2.44. The highest BCUT2D eigenvalue weighted by Gasteiger charge is 2.29. The summed E-state index contributed by atoms with van der Waals surface area (Å²) in [6.45, 7) is 3.28. The summed E-state index contributed by atoms with van der Waals surface area (Å²) in [5.41, 5.74) is 4.56. The first-order chi connectivity index (χ1) is 16.3. The fourth-order valence-electron chi connectivity index (χ4n) is 4.05. The Morgan fingerprint density at radius 2 is 1.65 bits per heavy atom. The number of aromatic nitrogens is 2. The molecule has 0 spiro atoms. The number of ether oxygens (including phenoxy) is 1. The molecule has 1 heterocycles. The van der Waals surface area contributed by atoms with Gasteiger partial charge in [-0.25, -0.2) is 4.79 Å². The zero-order valence-corrected chi connectivity index (χ0v) is 19.1. The molecule has 9 heteroatoms. The summed E-state index contributed by atoms with van der Waals surface area (Å²) in [5, 5.41) is 18.4. The molecule has 2 aromatic carbocycles. The average molecular weight is 463 g/mol. The number of rotatable bonds is 7. The van der Waals surface area contributed by atoms with Gasteiger partial charge in [-0.1, -0.05) is 48.5 Å². The predicted octanol–water partition coefficient (Wildman–Crippen LogP) is 3.62. The zero-order chi connectivity index (χ0) is 24.4. The molecule has 0 saturated carbocycles. The maximum absolute atomic E-state index is 12.5. The summed E-state index contributed by atoms with van der Waals surface area (Å²) < 4.78 is 6.88. The van der Waals surface area contributed by atoms with Crippen molar-refractivity contribution in [2.24, 2.45) is 13.0 Å². The van der Waals surface area contributed by atoms with Gasteiger partial charge >= 0.3 is 12.1 Å². The molecule has 0 radical (unpaired) electrons. The standard InChI is InChI=1S/C25H26N4O5/c1-14(24(31)32)15(2)26-23(30)21-12-22(29(3)28-21)27-25(33)34-13-20-18-10-6-4-8-16(18)17-9-5-7-11-19(17)20/h4-12,14-15,20H,13H2,1-3H3,(H,26,30)(H,27,33)(H,31,32). The van der Waals surface area contributed by atoms with Crippen LogP contribution in [0.5, 0.6) is 0 Å². The Bertz CT molecular complexity index is 1210. The van der Waals surface area contributed by atoms with Crippen LogP contribution in [0, 0.1) is 5.92 Å². The van der Waals surface area contributed by atoms with Gasteiger partial charge in [0.25, 0.3) is 5.91 Å². The predicted molar refractivity (Wildman–Crippen MR) is 126 cm³/mol. The Labute approximate surface area is 196 Å². The molecule has 3 N–H and O–H groups in total. The lowest BCUT2D eigenvalue weighted by molar-refractivity contribution is -0.141. The van der Waals surface area contributed by atoms with E-state index in [1.807, 2.05) is 36.4 Å². The molecule has 3 aromatic rings. The van der Waals surface area contributed by atoms with Crippen molar-refractivity contribution in [2.45, 2.75) is 25.8 Å². The van der Waals surface area contributed by atoms with Gasteiger partial charge in [0.2, 0.25) is 0 Å². The van der Waals surface area contributed by atoms with Gasteiger partial charge in [-0.05, 0) is 36.1 Å². The number of carboxylic acids is 1. The van der Waals surface area contributed by atoms with E-state index < -0.39 is 29.9 Å². The highest BCUT2D eigenvalue weighted by atomic mass is 16.5. The lowest BCUT2D eigenvalue weighted by Gasteiger charge is -2.16. The second kappa shape index (κ2) is 9.38. The van der Waals surface area contributed by atoms with E-state index in [0.717, 1.165) is 22.3 Å². The van der Waals surface area contributed by atoms with Crippen LogP contribution in [0.1, 0.15) is 41.4 Å². The quantitative estimate of drug-likeness (QED) is 0.493. The van der Waals surface area contributed by atoms with E-state index in [9.17, 15) is 14.4 Å². The molecule has 0 bridgehead atoms. The van der Waals surface area contributed by atoms with Crippen LogP contribution in [0.3, 0.4) is 0 Å². The number of hydrogen-bond acceptors (Lipinski definition) is 5. The van der Waals surface area contributed by atoms with Crippen LogP contribution in [0.2, 0.25) is 0 Å². The topological polar surface area (TPSA) is 123 Å². The van der Waals surface area contributed by atoms with Crippen molar-refractivity contribution in [1.29, 1.82) is 0 Å². The molecular formula is C25H26N4O5. The number of nitrogens with zero attached hydrogens (tertiary/aromatic N) is 2. The number of carbonyl (C=O) groups excluding carboxylic acids is 2. The fraction of sp³-hybridized carbons (Fsp3) is 0.280.